The minimum Gasteiger partial charge on any atom is -0.343 e. The lowest BCUT2D eigenvalue weighted by Crippen LogP contribution is -2.20. The number of aromatic nitrogens is 3. The van der Waals surface area contributed by atoms with E-state index in [9.17, 15) is 4.39 Å². The largest absolute Gasteiger partial charge is 0.343 e. The Morgan fingerprint density at radius 3 is 2.74 bits per heavy atom. The van der Waals surface area contributed by atoms with Crippen molar-refractivity contribution in [3.05, 3.63) is 41.8 Å². The topological polar surface area (TPSA) is 56.8 Å². The summed E-state index contributed by atoms with van der Waals surface area (Å²) in [5, 5.41) is 3.99. The van der Waals surface area contributed by atoms with E-state index in [0.717, 1.165) is 42.7 Å². The molecule has 2 N–H and O–H groups in total. The Balaban J connectivity index is 1.81. The molecule has 1 saturated heterocycles. The molecule has 0 saturated carbocycles. The fourth-order valence-electron chi connectivity index (χ4n) is 2.97. The van der Waals surface area contributed by atoms with E-state index < -0.39 is 0 Å². The molecule has 1 aliphatic heterocycles. The van der Waals surface area contributed by atoms with E-state index in [1.54, 1.807) is 18.2 Å². The zero-order valence-electron chi connectivity index (χ0n) is 12.9. The average Bonchev–Trinajstić information content (AvgIpc) is 3.18. The first-order chi connectivity index (χ1) is 11.2. The summed E-state index contributed by atoms with van der Waals surface area (Å²) in [5.74, 6) is 1.02. The smallest absolute Gasteiger partial charge is 0.229 e. The molecule has 6 heteroatoms. The standard InChI is InChI=1S/C17H18FN5/c1-11-10-12-15(19-11)21-17(23-8-4-5-9-23)22-16(12)20-14-7-3-2-6-13(14)18/h2-3,6-7,10H,4-5,8-9H2,1H3,(H2,19,20,21,22). The van der Waals surface area contributed by atoms with Gasteiger partial charge in [0, 0.05) is 18.8 Å². The molecule has 0 unspecified atom stereocenters. The van der Waals surface area contributed by atoms with Crippen LogP contribution >= 0.6 is 0 Å². The third-order valence-electron chi connectivity index (χ3n) is 4.13. The first-order valence-corrected chi connectivity index (χ1v) is 7.84. The summed E-state index contributed by atoms with van der Waals surface area (Å²) in [5.41, 5.74) is 2.20. The summed E-state index contributed by atoms with van der Waals surface area (Å²) in [6, 6.07) is 8.59. The summed E-state index contributed by atoms with van der Waals surface area (Å²) < 4.78 is 14.0. The molecule has 118 valence electrons. The van der Waals surface area contributed by atoms with Crippen LogP contribution in [0.25, 0.3) is 11.0 Å². The number of rotatable bonds is 3. The monoisotopic (exact) mass is 311 g/mol. The second-order valence-electron chi connectivity index (χ2n) is 5.89. The van der Waals surface area contributed by atoms with Gasteiger partial charge in [-0.2, -0.15) is 9.97 Å². The molecule has 3 heterocycles. The second-order valence-corrected chi connectivity index (χ2v) is 5.89. The van der Waals surface area contributed by atoms with Gasteiger partial charge in [-0.05, 0) is 38.0 Å². The number of aromatic amines is 1. The summed E-state index contributed by atoms with van der Waals surface area (Å²) in [4.78, 5) is 14.7. The van der Waals surface area contributed by atoms with Crippen LogP contribution in [-0.4, -0.2) is 28.0 Å². The number of fused-ring (bicyclic) bond motifs is 1. The zero-order chi connectivity index (χ0) is 15.8. The van der Waals surface area contributed by atoms with Crippen molar-refractivity contribution >= 4 is 28.5 Å². The number of hydrogen-bond acceptors (Lipinski definition) is 4. The van der Waals surface area contributed by atoms with Crippen molar-refractivity contribution < 1.29 is 4.39 Å². The Bertz CT molecular complexity index is 851. The maximum atomic E-state index is 14.0. The molecular weight excluding hydrogens is 293 g/mol. The van der Waals surface area contributed by atoms with Gasteiger partial charge in [0.05, 0.1) is 11.1 Å². The Morgan fingerprint density at radius 1 is 1.17 bits per heavy atom. The van der Waals surface area contributed by atoms with Crippen LogP contribution in [0.2, 0.25) is 0 Å². The van der Waals surface area contributed by atoms with Crippen LogP contribution < -0.4 is 10.2 Å². The minimum atomic E-state index is -0.297. The zero-order valence-corrected chi connectivity index (χ0v) is 12.9. The van der Waals surface area contributed by atoms with E-state index in [4.69, 9.17) is 0 Å². The SMILES string of the molecule is Cc1cc2c(Nc3ccccc3F)nc(N3CCCC3)nc2[nH]1. The van der Waals surface area contributed by atoms with Crippen LogP contribution in [0.3, 0.4) is 0 Å². The summed E-state index contributed by atoms with van der Waals surface area (Å²) in [7, 11) is 0. The molecular formula is C17H18FN5. The van der Waals surface area contributed by atoms with Crippen molar-refractivity contribution in [2.24, 2.45) is 0 Å². The van der Waals surface area contributed by atoms with Gasteiger partial charge in [-0.1, -0.05) is 12.1 Å². The fourth-order valence-corrected chi connectivity index (χ4v) is 2.97. The number of nitrogens with zero attached hydrogens (tertiary/aromatic N) is 3. The van der Waals surface area contributed by atoms with Gasteiger partial charge in [-0.25, -0.2) is 4.39 Å². The Kier molecular flexibility index (Phi) is 3.37. The van der Waals surface area contributed by atoms with Crippen LogP contribution in [0, 0.1) is 12.7 Å². The van der Waals surface area contributed by atoms with E-state index in [1.165, 1.54) is 6.07 Å². The van der Waals surface area contributed by atoms with Crippen molar-refractivity contribution in [2.45, 2.75) is 19.8 Å². The Morgan fingerprint density at radius 2 is 1.96 bits per heavy atom. The molecule has 0 amide bonds. The lowest BCUT2D eigenvalue weighted by atomic mass is 10.3. The highest BCUT2D eigenvalue weighted by molar-refractivity contribution is 5.90. The van der Waals surface area contributed by atoms with Crippen LogP contribution in [0.15, 0.2) is 30.3 Å². The average molecular weight is 311 g/mol. The summed E-state index contributed by atoms with van der Waals surface area (Å²) in [6.45, 7) is 3.90. The van der Waals surface area contributed by atoms with E-state index >= 15 is 0 Å². The number of benzene rings is 1. The predicted octanol–water partition coefficient (Wildman–Crippen LogP) is 3.75. The lowest BCUT2D eigenvalue weighted by molar-refractivity contribution is 0.632. The van der Waals surface area contributed by atoms with Gasteiger partial charge in [0.2, 0.25) is 5.95 Å². The lowest BCUT2D eigenvalue weighted by Gasteiger charge is -2.17. The third-order valence-corrected chi connectivity index (χ3v) is 4.13. The van der Waals surface area contributed by atoms with Gasteiger partial charge in [0.25, 0.3) is 0 Å². The van der Waals surface area contributed by atoms with Gasteiger partial charge in [0.15, 0.2) is 0 Å². The molecule has 1 aromatic carbocycles. The van der Waals surface area contributed by atoms with Crippen molar-refractivity contribution in [1.29, 1.82) is 0 Å². The number of hydrogen-bond donors (Lipinski definition) is 2. The van der Waals surface area contributed by atoms with E-state index in [0.29, 0.717) is 17.5 Å². The van der Waals surface area contributed by atoms with Gasteiger partial charge < -0.3 is 15.2 Å². The van der Waals surface area contributed by atoms with Crippen molar-refractivity contribution in [3.8, 4) is 0 Å². The number of halogens is 1. The van der Waals surface area contributed by atoms with Crippen molar-refractivity contribution in [2.75, 3.05) is 23.3 Å². The highest BCUT2D eigenvalue weighted by atomic mass is 19.1. The number of para-hydroxylation sites is 1. The van der Waals surface area contributed by atoms with Gasteiger partial charge in [0.1, 0.15) is 17.3 Å². The molecule has 0 radical (unpaired) electrons. The number of nitrogens with one attached hydrogen (secondary N) is 2. The summed E-state index contributed by atoms with van der Waals surface area (Å²) in [6.07, 6.45) is 2.31. The van der Waals surface area contributed by atoms with Crippen LogP contribution in [0.4, 0.5) is 21.8 Å². The molecule has 1 aliphatic rings. The van der Waals surface area contributed by atoms with Gasteiger partial charge >= 0.3 is 0 Å². The number of aryl methyl sites for hydroxylation is 1. The molecule has 0 aliphatic carbocycles. The molecule has 0 spiro atoms. The third kappa shape index (κ3) is 2.60. The van der Waals surface area contributed by atoms with Crippen molar-refractivity contribution in [3.63, 3.8) is 0 Å². The normalized spacial score (nSPS) is 14.6. The molecule has 5 nitrogen and oxygen atoms in total. The fraction of sp³-hybridized carbons (Fsp3) is 0.294. The summed E-state index contributed by atoms with van der Waals surface area (Å²) >= 11 is 0. The van der Waals surface area contributed by atoms with E-state index in [1.807, 2.05) is 13.0 Å². The quantitative estimate of drug-likeness (QED) is 0.773. The van der Waals surface area contributed by atoms with Gasteiger partial charge in [-0.15, -0.1) is 0 Å². The second kappa shape index (κ2) is 5.53. The molecule has 2 aromatic heterocycles. The van der Waals surface area contributed by atoms with Crippen LogP contribution in [-0.2, 0) is 0 Å². The first kappa shape index (κ1) is 14.0. The Labute approximate surface area is 133 Å². The van der Waals surface area contributed by atoms with Gasteiger partial charge in [-0.3, -0.25) is 0 Å². The highest BCUT2D eigenvalue weighted by Gasteiger charge is 2.18. The molecule has 1 fully saturated rings. The number of anilines is 3. The van der Waals surface area contributed by atoms with E-state index in [-0.39, 0.29) is 5.82 Å². The highest BCUT2D eigenvalue weighted by Crippen LogP contribution is 2.29. The van der Waals surface area contributed by atoms with Crippen molar-refractivity contribution in [1.82, 2.24) is 15.0 Å². The molecule has 0 atom stereocenters. The molecule has 0 bridgehead atoms. The maximum Gasteiger partial charge on any atom is 0.229 e. The van der Waals surface area contributed by atoms with Crippen LogP contribution in [0.1, 0.15) is 18.5 Å². The van der Waals surface area contributed by atoms with Crippen LogP contribution in [0.5, 0.6) is 0 Å². The number of H-pyrrole nitrogens is 1. The predicted molar refractivity (Wildman–Crippen MR) is 89.8 cm³/mol. The maximum absolute atomic E-state index is 14.0. The Hall–Kier alpha value is -2.63. The minimum absolute atomic E-state index is 0.297. The molecule has 23 heavy (non-hydrogen) atoms. The first-order valence-electron chi connectivity index (χ1n) is 7.84. The molecule has 3 aromatic rings. The van der Waals surface area contributed by atoms with E-state index in [2.05, 4.69) is 25.2 Å². The molecule has 4 rings (SSSR count).